The lowest BCUT2D eigenvalue weighted by Crippen LogP contribution is -2.60. The summed E-state index contributed by atoms with van der Waals surface area (Å²) < 4.78 is 0. The molecule has 22 heteroatoms. The number of amides is 9. The van der Waals surface area contributed by atoms with Gasteiger partial charge in [0.15, 0.2) is 0 Å². The second-order valence-corrected chi connectivity index (χ2v) is 19.1. The molecule has 1 aliphatic rings. The molecule has 0 radical (unpaired) electrons. The molecule has 1 aromatic rings. The van der Waals surface area contributed by atoms with Crippen molar-refractivity contribution in [2.45, 2.75) is 173 Å². The Labute approximate surface area is 418 Å². The van der Waals surface area contributed by atoms with E-state index in [-0.39, 0.29) is 89.4 Å². The van der Waals surface area contributed by atoms with Crippen molar-refractivity contribution in [2.75, 3.05) is 32.7 Å². The molecule has 1 aromatic carbocycles. The highest BCUT2D eigenvalue weighted by Gasteiger charge is 2.35. The molecule has 0 saturated carbocycles. The van der Waals surface area contributed by atoms with Gasteiger partial charge in [-0.05, 0) is 82.0 Å². The van der Waals surface area contributed by atoms with Gasteiger partial charge in [0.2, 0.25) is 53.2 Å². The molecule has 71 heavy (non-hydrogen) atoms. The number of carbonyl (C=O) groups is 9. The van der Waals surface area contributed by atoms with Crippen LogP contribution in [0.2, 0.25) is 0 Å². The zero-order chi connectivity index (χ0) is 52.9. The summed E-state index contributed by atoms with van der Waals surface area (Å²) in [4.78, 5) is 124. The molecule has 1 heterocycles. The number of nitrogens with one attached hydrogen (secondary N) is 9. The number of aliphatic hydroxyl groups is 1. The van der Waals surface area contributed by atoms with Crippen LogP contribution in [-0.2, 0) is 49.6 Å². The monoisotopic (exact) mass is 1000 g/mol. The first-order valence-corrected chi connectivity index (χ1v) is 25.3. The number of aliphatic hydroxyl groups excluding tert-OH is 1. The Bertz CT molecular complexity index is 1860. The van der Waals surface area contributed by atoms with Crippen LogP contribution >= 0.6 is 0 Å². The van der Waals surface area contributed by atoms with Gasteiger partial charge in [-0.3, -0.25) is 43.2 Å². The minimum atomic E-state index is -1.40. The number of hydrogen-bond acceptors (Lipinski definition) is 13. The minimum Gasteiger partial charge on any atom is -0.393 e. The molecule has 1 fully saturated rings. The maximum absolute atomic E-state index is 14.2. The summed E-state index contributed by atoms with van der Waals surface area (Å²) in [6, 6.07) is -0.142. The average molecular weight is 1000 g/mol. The van der Waals surface area contributed by atoms with E-state index in [1.807, 2.05) is 27.7 Å². The lowest BCUT2D eigenvalue weighted by molar-refractivity contribution is -0.136. The number of rotatable bonds is 23. The molecule has 0 bridgehead atoms. The van der Waals surface area contributed by atoms with Crippen LogP contribution in [0.25, 0.3) is 0 Å². The van der Waals surface area contributed by atoms with Crippen molar-refractivity contribution >= 4 is 53.2 Å². The molecule has 0 unspecified atom stereocenters. The second kappa shape index (κ2) is 33.8. The Morgan fingerprint density at radius 3 is 1.56 bits per heavy atom. The number of benzene rings is 1. The predicted octanol–water partition coefficient (Wildman–Crippen LogP) is -1.49. The van der Waals surface area contributed by atoms with Crippen molar-refractivity contribution in [3.63, 3.8) is 0 Å². The summed E-state index contributed by atoms with van der Waals surface area (Å²) in [7, 11) is 0. The molecule has 1 aliphatic heterocycles. The molecule has 16 N–H and O–H groups in total. The fourth-order valence-corrected chi connectivity index (χ4v) is 7.93. The SMILES string of the molecule is CCCCCCC[C@@H](O)CC(=O)NCC(=O)N[C@H]1CCNC(=O)[C@H](CC(C)C)NC(=O)[C@H](CCN)NC(=O)[C@H](CCN)NC(=O)[C@H](Cc2ccccc2)NC(=O)[C@@H](CC(C)C)NC(=O)[C@H](CCN)NC1=O. The van der Waals surface area contributed by atoms with Gasteiger partial charge in [0.1, 0.15) is 42.3 Å². The van der Waals surface area contributed by atoms with Crippen molar-refractivity contribution in [1.29, 1.82) is 0 Å². The van der Waals surface area contributed by atoms with Gasteiger partial charge >= 0.3 is 0 Å². The van der Waals surface area contributed by atoms with Gasteiger partial charge in [0.05, 0.1) is 19.1 Å². The van der Waals surface area contributed by atoms with Crippen molar-refractivity contribution in [2.24, 2.45) is 29.0 Å². The summed E-state index contributed by atoms with van der Waals surface area (Å²) in [5.41, 5.74) is 18.3. The number of nitrogens with two attached hydrogens (primary N) is 3. The first-order chi connectivity index (χ1) is 33.8. The van der Waals surface area contributed by atoms with Gasteiger partial charge in [0.25, 0.3) is 0 Å². The standard InChI is InChI=1S/C49H84N12O10/c1-6-7-8-9-13-16-33(62)28-41(63)54-29-42(64)55-37-20-24-53-43(65)38(25-30(2)3)59-45(67)35(18-22-51)56-44(66)34(17-21-50)58-49(71)40(27-32-14-11-10-12-15-32)61-48(70)39(26-31(4)5)60-46(68)36(19-23-52)57-47(37)69/h10-12,14-15,30-31,33-40,62H,6-9,13,16-29,50-52H2,1-5H3,(H,53,65)(H,54,63)(H,55,64)(H,56,66)(H,57,69)(H,58,71)(H,59,67)(H,60,68)(H,61,70)/t33-,34+,35+,36+,37+,38+,39-,40+/m1/s1. The second-order valence-electron chi connectivity index (χ2n) is 19.1. The highest BCUT2D eigenvalue weighted by Crippen LogP contribution is 2.12. The molecule has 8 atom stereocenters. The molecule has 22 nitrogen and oxygen atoms in total. The smallest absolute Gasteiger partial charge is 0.243 e. The van der Waals surface area contributed by atoms with E-state index < -0.39 is 108 Å². The first-order valence-electron chi connectivity index (χ1n) is 25.3. The van der Waals surface area contributed by atoms with E-state index in [0.29, 0.717) is 12.0 Å². The molecule has 9 amide bonds. The molecular formula is C49H84N12O10. The summed E-state index contributed by atoms with van der Waals surface area (Å²) in [5.74, 6) is -6.93. The zero-order valence-corrected chi connectivity index (χ0v) is 42.4. The summed E-state index contributed by atoms with van der Waals surface area (Å²) in [6.45, 7) is 8.44. The Morgan fingerprint density at radius 2 is 1.06 bits per heavy atom. The van der Waals surface area contributed by atoms with E-state index >= 15 is 0 Å². The van der Waals surface area contributed by atoms with E-state index in [4.69, 9.17) is 17.2 Å². The van der Waals surface area contributed by atoms with Crippen molar-refractivity contribution in [3.8, 4) is 0 Å². The average Bonchev–Trinajstić information content (AvgIpc) is 3.31. The van der Waals surface area contributed by atoms with Crippen molar-refractivity contribution in [1.82, 2.24) is 47.9 Å². The Morgan fingerprint density at radius 1 is 0.606 bits per heavy atom. The number of hydrogen-bond donors (Lipinski definition) is 13. The largest absolute Gasteiger partial charge is 0.393 e. The molecule has 0 aromatic heterocycles. The molecule has 2 rings (SSSR count). The fraction of sp³-hybridized carbons (Fsp3) is 0.694. The van der Waals surface area contributed by atoms with Crippen LogP contribution < -0.4 is 65.1 Å². The summed E-state index contributed by atoms with van der Waals surface area (Å²) in [5, 5.41) is 34.2. The van der Waals surface area contributed by atoms with E-state index in [2.05, 4.69) is 54.8 Å². The Kier molecular flexibility index (Phi) is 29.2. The highest BCUT2D eigenvalue weighted by molar-refractivity contribution is 5.98. The van der Waals surface area contributed by atoms with Crippen LogP contribution in [0.5, 0.6) is 0 Å². The van der Waals surface area contributed by atoms with Crippen LogP contribution in [0.15, 0.2) is 30.3 Å². The van der Waals surface area contributed by atoms with Crippen LogP contribution in [-0.4, -0.2) is 139 Å². The predicted molar refractivity (Wildman–Crippen MR) is 268 cm³/mol. The maximum Gasteiger partial charge on any atom is 0.243 e. The van der Waals surface area contributed by atoms with E-state index in [1.54, 1.807) is 30.3 Å². The van der Waals surface area contributed by atoms with Crippen molar-refractivity contribution in [3.05, 3.63) is 35.9 Å². The van der Waals surface area contributed by atoms with E-state index in [9.17, 15) is 48.3 Å². The van der Waals surface area contributed by atoms with Gasteiger partial charge in [-0.1, -0.05) is 97.1 Å². The topological polar surface area (TPSA) is 360 Å². The molecule has 0 aliphatic carbocycles. The van der Waals surface area contributed by atoms with Gasteiger partial charge < -0.3 is 70.2 Å². The van der Waals surface area contributed by atoms with Crippen LogP contribution in [0.4, 0.5) is 0 Å². The normalized spacial score (nSPS) is 23.0. The molecular weight excluding hydrogens is 917 g/mol. The lowest BCUT2D eigenvalue weighted by Gasteiger charge is -2.28. The van der Waals surface area contributed by atoms with Crippen LogP contribution in [0.3, 0.4) is 0 Å². The third-order valence-corrected chi connectivity index (χ3v) is 11.8. The minimum absolute atomic E-state index is 0.0287. The summed E-state index contributed by atoms with van der Waals surface area (Å²) in [6.07, 6.45) is 3.93. The van der Waals surface area contributed by atoms with E-state index in [0.717, 1.165) is 32.1 Å². The Hall–Kier alpha value is -5.71. The van der Waals surface area contributed by atoms with Crippen LogP contribution in [0, 0.1) is 11.8 Å². The first kappa shape index (κ1) is 61.4. The number of carbonyl (C=O) groups excluding carboxylic acids is 9. The number of unbranched alkanes of at least 4 members (excludes halogenated alkanes) is 4. The quantitative estimate of drug-likeness (QED) is 0.0557. The van der Waals surface area contributed by atoms with Gasteiger partial charge in [-0.15, -0.1) is 0 Å². The van der Waals surface area contributed by atoms with Gasteiger partial charge in [0, 0.05) is 13.0 Å². The van der Waals surface area contributed by atoms with Gasteiger partial charge in [-0.2, -0.15) is 0 Å². The highest BCUT2D eigenvalue weighted by atomic mass is 16.3. The molecule has 400 valence electrons. The lowest BCUT2D eigenvalue weighted by atomic mass is 10.00. The van der Waals surface area contributed by atoms with Crippen molar-refractivity contribution < 1.29 is 48.3 Å². The molecule has 0 spiro atoms. The third-order valence-electron chi connectivity index (χ3n) is 11.8. The summed E-state index contributed by atoms with van der Waals surface area (Å²) >= 11 is 0. The molecule has 1 saturated heterocycles. The van der Waals surface area contributed by atoms with Crippen LogP contribution in [0.1, 0.15) is 124 Å². The van der Waals surface area contributed by atoms with E-state index in [1.165, 1.54) is 0 Å². The maximum atomic E-state index is 14.2. The van der Waals surface area contributed by atoms with Gasteiger partial charge in [-0.25, -0.2) is 0 Å². The Balaban J connectivity index is 2.58. The fourth-order valence-electron chi connectivity index (χ4n) is 7.93. The zero-order valence-electron chi connectivity index (χ0n) is 42.4. The third kappa shape index (κ3) is 24.3.